The first-order valence-corrected chi connectivity index (χ1v) is 8.73. The van der Waals surface area contributed by atoms with Gasteiger partial charge in [0.05, 0.1) is 11.4 Å². The molecule has 0 spiro atoms. The highest BCUT2D eigenvalue weighted by Crippen LogP contribution is 2.20. The highest BCUT2D eigenvalue weighted by atomic mass is 32.2. The quantitative estimate of drug-likeness (QED) is 0.703. The van der Waals surface area contributed by atoms with Crippen molar-refractivity contribution in [3.8, 4) is 11.3 Å². The smallest absolute Gasteiger partial charge is 0.236 e. The lowest BCUT2D eigenvalue weighted by Crippen LogP contribution is -2.14. The van der Waals surface area contributed by atoms with Crippen LogP contribution in [-0.4, -0.2) is 32.1 Å². The molecule has 3 aromatic rings. The zero-order valence-electron chi connectivity index (χ0n) is 12.6. The maximum Gasteiger partial charge on any atom is 0.236 e. The Morgan fingerprint density at radius 1 is 1.12 bits per heavy atom. The molecule has 1 aromatic carbocycles. The van der Waals surface area contributed by atoms with Crippen LogP contribution in [0.15, 0.2) is 41.4 Å². The fourth-order valence-electron chi connectivity index (χ4n) is 1.81. The monoisotopic (exact) mass is 361 g/mol. The van der Waals surface area contributed by atoms with Crippen molar-refractivity contribution < 1.29 is 9.18 Å². The van der Waals surface area contributed by atoms with Crippen molar-refractivity contribution in [2.24, 2.45) is 0 Å². The van der Waals surface area contributed by atoms with E-state index < -0.39 is 0 Å². The summed E-state index contributed by atoms with van der Waals surface area (Å²) < 4.78 is 12.9. The summed E-state index contributed by atoms with van der Waals surface area (Å²) in [5, 5.41) is 20.4. The largest absolute Gasteiger partial charge is 0.300 e. The maximum absolute atomic E-state index is 12.9. The number of hydrogen-bond acceptors (Lipinski definition) is 7. The van der Waals surface area contributed by atoms with Gasteiger partial charge in [-0.2, -0.15) is 0 Å². The third-order valence-corrected chi connectivity index (χ3v) is 4.58. The second-order valence-corrected chi connectivity index (χ2v) is 6.90. The van der Waals surface area contributed by atoms with Crippen LogP contribution in [0, 0.1) is 12.7 Å². The molecule has 2 heterocycles. The van der Waals surface area contributed by atoms with E-state index in [0.717, 1.165) is 10.6 Å². The average molecular weight is 361 g/mol. The van der Waals surface area contributed by atoms with E-state index in [1.807, 2.05) is 6.92 Å². The molecule has 0 saturated heterocycles. The minimum Gasteiger partial charge on any atom is -0.300 e. The summed E-state index contributed by atoms with van der Waals surface area (Å²) in [6, 6.07) is 9.60. The molecule has 1 N–H and O–H groups in total. The van der Waals surface area contributed by atoms with Gasteiger partial charge in [-0.05, 0) is 43.3 Å². The molecular weight excluding hydrogens is 349 g/mol. The number of aryl methyl sites for hydroxylation is 1. The Balaban J connectivity index is 1.56. The van der Waals surface area contributed by atoms with Gasteiger partial charge in [0.1, 0.15) is 15.9 Å². The number of halogens is 1. The van der Waals surface area contributed by atoms with E-state index in [4.69, 9.17) is 0 Å². The summed E-state index contributed by atoms with van der Waals surface area (Å²) in [6.45, 7) is 1.82. The average Bonchev–Trinajstić information content (AvgIpc) is 2.99. The molecule has 1 amide bonds. The number of nitrogens with zero attached hydrogens (tertiary/aromatic N) is 4. The molecule has 0 saturated carbocycles. The van der Waals surface area contributed by atoms with E-state index in [1.165, 1.54) is 35.2 Å². The van der Waals surface area contributed by atoms with E-state index in [2.05, 4.69) is 25.7 Å². The molecule has 9 heteroatoms. The SMILES string of the molecule is Cc1nnc(NC(=O)CSc2ccc(-c3ccc(F)cc3)nn2)s1. The van der Waals surface area contributed by atoms with E-state index in [-0.39, 0.29) is 17.5 Å². The van der Waals surface area contributed by atoms with Crippen molar-refractivity contribution in [3.05, 3.63) is 47.2 Å². The van der Waals surface area contributed by atoms with Crippen LogP contribution in [0.2, 0.25) is 0 Å². The Morgan fingerprint density at radius 2 is 1.92 bits per heavy atom. The lowest BCUT2D eigenvalue weighted by molar-refractivity contribution is -0.113. The van der Waals surface area contributed by atoms with Gasteiger partial charge in [0.2, 0.25) is 11.0 Å². The number of anilines is 1. The predicted octanol–water partition coefficient (Wildman–Crippen LogP) is 3.17. The first kappa shape index (κ1) is 16.5. The lowest BCUT2D eigenvalue weighted by Gasteiger charge is -2.03. The molecule has 0 atom stereocenters. The van der Waals surface area contributed by atoms with Gasteiger partial charge >= 0.3 is 0 Å². The van der Waals surface area contributed by atoms with Gasteiger partial charge in [0.15, 0.2) is 0 Å². The van der Waals surface area contributed by atoms with Crippen LogP contribution in [0.3, 0.4) is 0 Å². The van der Waals surface area contributed by atoms with Crippen LogP contribution in [0.25, 0.3) is 11.3 Å². The Kier molecular flexibility index (Phi) is 5.11. The first-order chi connectivity index (χ1) is 11.6. The minimum absolute atomic E-state index is 0.180. The highest BCUT2D eigenvalue weighted by molar-refractivity contribution is 7.99. The van der Waals surface area contributed by atoms with Crippen molar-refractivity contribution >= 4 is 34.1 Å². The van der Waals surface area contributed by atoms with Crippen molar-refractivity contribution in [2.45, 2.75) is 11.9 Å². The van der Waals surface area contributed by atoms with Crippen LogP contribution < -0.4 is 5.32 Å². The summed E-state index contributed by atoms with van der Waals surface area (Å²) in [5.41, 5.74) is 1.43. The Morgan fingerprint density at radius 3 is 2.54 bits per heavy atom. The number of benzene rings is 1. The number of carbonyl (C=O) groups is 1. The van der Waals surface area contributed by atoms with Crippen molar-refractivity contribution in [1.29, 1.82) is 0 Å². The molecule has 0 aliphatic carbocycles. The molecule has 0 bridgehead atoms. The molecule has 24 heavy (non-hydrogen) atoms. The number of rotatable bonds is 5. The number of hydrogen-bond donors (Lipinski definition) is 1. The number of carbonyl (C=O) groups excluding carboxylic acids is 1. The molecule has 6 nitrogen and oxygen atoms in total. The van der Waals surface area contributed by atoms with Gasteiger partial charge in [0.25, 0.3) is 0 Å². The normalized spacial score (nSPS) is 10.6. The van der Waals surface area contributed by atoms with E-state index in [1.54, 1.807) is 24.3 Å². The molecule has 0 fully saturated rings. The predicted molar refractivity (Wildman–Crippen MR) is 91.4 cm³/mol. The third-order valence-electron chi connectivity index (χ3n) is 2.90. The van der Waals surface area contributed by atoms with Crippen LogP contribution in [0.5, 0.6) is 0 Å². The second-order valence-electron chi connectivity index (χ2n) is 4.73. The summed E-state index contributed by atoms with van der Waals surface area (Å²) in [5.74, 6) is -0.278. The van der Waals surface area contributed by atoms with Crippen molar-refractivity contribution in [1.82, 2.24) is 20.4 Å². The minimum atomic E-state index is -0.296. The van der Waals surface area contributed by atoms with Crippen molar-refractivity contribution in [3.63, 3.8) is 0 Å². The Labute approximate surface area is 145 Å². The van der Waals surface area contributed by atoms with Crippen LogP contribution in [0.4, 0.5) is 9.52 Å². The summed E-state index contributed by atoms with van der Waals surface area (Å²) in [6.07, 6.45) is 0. The van der Waals surface area contributed by atoms with Gasteiger partial charge in [-0.25, -0.2) is 4.39 Å². The Hall–Kier alpha value is -2.39. The molecule has 0 unspecified atom stereocenters. The van der Waals surface area contributed by atoms with Gasteiger partial charge in [0, 0.05) is 5.56 Å². The summed E-state index contributed by atoms with van der Waals surface area (Å²) in [4.78, 5) is 11.8. The molecular formula is C15H12FN5OS2. The van der Waals surface area contributed by atoms with E-state index in [9.17, 15) is 9.18 Å². The molecule has 2 aromatic heterocycles. The standard InChI is InChI=1S/C15H12FN5OS2/c1-9-18-21-15(24-9)17-13(22)8-23-14-7-6-12(19-20-14)10-2-4-11(16)5-3-10/h2-7H,8H2,1H3,(H,17,21,22). The second kappa shape index (κ2) is 7.45. The first-order valence-electron chi connectivity index (χ1n) is 6.92. The van der Waals surface area contributed by atoms with E-state index >= 15 is 0 Å². The summed E-state index contributed by atoms with van der Waals surface area (Å²) >= 11 is 2.59. The zero-order chi connectivity index (χ0) is 16.9. The topological polar surface area (TPSA) is 80.7 Å². The number of amides is 1. The van der Waals surface area contributed by atoms with Gasteiger partial charge in [-0.15, -0.1) is 20.4 Å². The van der Waals surface area contributed by atoms with Crippen LogP contribution in [0.1, 0.15) is 5.01 Å². The van der Waals surface area contributed by atoms with Crippen LogP contribution >= 0.6 is 23.1 Å². The third kappa shape index (κ3) is 4.33. The van der Waals surface area contributed by atoms with Crippen LogP contribution in [-0.2, 0) is 4.79 Å². The number of thioether (sulfide) groups is 1. The van der Waals surface area contributed by atoms with E-state index in [0.29, 0.717) is 15.9 Å². The number of nitrogens with one attached hydrogen (secondary N) is 1. The molecule has 0 aliphatic rings. The van der Waals surface area contributed by atoms with Gasteiger partial charge < -0.3 is 0 Å². The zero-order valence-corrected chi connectivity index (χ0v) is 14.2. The molecule has 0 aliphatic heterocycles. The fraction of sp³-hybridized carbons (Fsp3) is 0.133. The van der Waals surface area contributed by atoms with Crippen molar-refractivity contribution in [2.75, 3.05) is 11.1 Å². The maximum atomic E-state index is 12.9. The highest BCUT2D eigenvalue weighted by Gasteiger charge is 2.08. The molecule has 122 valence electrons. The van der Waals surface area contributed by atoms with Gasteiger partial charge in [-0.3, -0.25) is 10.1 Å². The fourth-order valence-corrected chi connectivity index (χ4v) is 3.04. The molecule has 3 rings (SSSR count). The Bertz CT molecular complexity index is 836. The van der Waals surface area contributed by atoms with Gasteiger partial charge in [-0.1, -0.05) is 23.1 Å². The number of aromatic nitrogens is 4. The lowest BCUT2D eigenvalue weighted by atomic mass is 10.1. The summed E-state index contributed by atoms with van der Waals surface area (Å²) in [7, 11) is 0. The molecule has 0 radical (unpaired) electrons.